The van der Waals surface area contributed by atoms with E-state index in [9.17, 15) is 0 Å². The van der Waals surface area contributed by atoms with Crippen LogP contribution in [-0.4, -0.2) is 28.8 Å². The summed E-state index contributed by atoms with van der Waals surface area (Å²) < 4.78 is 1.78. The summed E-state index contributed by atoms with van der Waals surface area (Å²) >= 11 is 0. The zero-order chi connectivity index (χ0) is 11.1. The van der Waals surface area contributed by atoms with Crippen LogP contribution in [0, 0.1) is 0 Å². The van der Waals surface area contributed by atoms with Gasteiger partial charge in [-0.3, -0.25) is 15.1 Å². The van der Waals surface area contributed by atoms with Crippen LogP contribution in [0.25, 0.3) is 0 Å². The van der Waals surface area contributed by atoms with E-state index in [1.165, 1.54) is 5.56 Å². The van der Waals surface area contributed by atoms with Crippen molar-refractivity contribution in [3.05, 3.63) is 18.0 Å². The first-order chi connectivity index (χ1) is 7.26. The summed E-state index contributed by atoms with van der Waals surface area (Å²) in [6.07, 6.45) is 4.70. The lowest BCUT2D eigenvalue weighted by Crippen LogP contribution is -2.41. The highest BCUT2D eigenvalue weighted by atomic mass is 15.3. The Morgan fingerprint density at radius 1 is 1.67 bits per heavy atom. The standard InChI is InChI=1S/C9H18N6/c1-3-11-9(14-10)12-5-4-8-6-13-15(2)7-8/h6-7H,3-5,10H2,1-2H3,(H2,11,12,14). The number of hydrogen-bond donors (Lipinski definition) is 3. The molecule has 84 valence electrons. The van der Waals surface area contributed by atoms with Crippen LogP contribution in [0.5, 0.6) is 0 Å². The van der Waals surface area contributed by atoms with Crippen LogP contribution in [0.2, 0.25) is 0 Å². The number of aliphatic imine (C=N–C) groups is 1. The number of nitrogens with zero attached hydrogens (tertiary/aromatic N) is 3. The van der Waals surface area contributed by atoms with Gasteiger partial charge in [-0.1, -0.05) is 0 Å². The van der Waals surface area contributed by atoms with Crippen molar-refractivity contribution in [1.82, 2.24) is 20.5 Å². The van der Waals surface area contributed by atoms with E-state index in [1.54, 1.807) is 4.68 Å². The second kappa shape index (κ2) is 6.02. The average Bonchev–Trinajstić information content (AvgIpc) is 2.63. The molecule has 0 aliphatic rings. The van der Waals surface area contributed by atoms with Gasteiger partial charge in [-0.2, -0.15) is 5.10 Å². The highest BCUT2D eigenvalue weighted by Crippen LogP contribution is 1.97. The van der Waals surface area contributed by atoms with Crippen LogP contribution in [0.15, 0.2) is 17.4 Å². The second-order valence-electron chi connectivity index (χ2n) is 3.18. The fourth-order valence-corrected chi connectivity index (χ4v) is 1.22. The molecule has 0 spiro atoms. The number of nitrogens with one attached hydrogen (secondary N) is 2. The van der Waals surface area contributed by atoms with E-state index in [4.69, 9.17) is 5.84 Å². The quantitative estimate of drug-likeness (QED) is 0.268. The molecular formula is C9H18N6. The lowest BCUT2D eigenvalue weighted by atomic mass is 10.3. The van der Waals surface area contributed by atoms with Gasteiger partial charge in [0.05, 0.1) is 6.20 Å². The molecule has 0 amide bonds. The minimum atomic E-state index is 0.626. The molecule has 6 nitrogen and oxygen atoms in total. The Kier molecular flexibility index (Phi) is 4.62. The molecule has 1 aromatic rings. The molecule has 1 rings (SSSR count). The molecule has 6 heteroatoms. The van der Waals surface area contributed by atoms with E-state index >= 15 is 0 Å². The van der Waals surface area contributed by atoms with Gasteiger partial charge in [0.25, 0.3) is 0 Å². The summed E-state index contributed by atoms with van der Waals surface area (Å²) in [5.74, 6) is 5.91. The molecule has 0 unspecified atom stereocenters. The van der Waals surface area contributed by atoms with E-state index in [0.29, 0.717) is 12.5 Å². The molecule has 0 aliphatic heterocycles. The van der Waals surface area contributed by atoms with Crippen molar-refractivity contribution in [3.8, 4) is 0 Å². The summed E-state index contributed by atoms with van der Waals surface area (Å²) in [7, 11) is 1.90. The first-order valence-corrected chi connectivity index (χ1v) is 4.98. The molecule has 0 radical (unpaired) electrons. The fourth-order valence-electron chi connectivity index (χ4n) is 1.22. The third kappa shape index (κ3) is 3.99. The number of guanidine groups is 1. The van der Waals surface area contributed by atoms with Crippen molar-refractivity contribution in [2.75, 3.05) is 13.1 Å². The summed E-state index contributed by atoms with van der Waals surface area (Å²) in [6.45, 7) is 3.49. The molecule has 0 atom stereocenters. The van der Waals surface area contributed by atoms with Gasteiger partial charge in [0, 0.05) is 26.3 Å². The molecule has 0 bridgehead atoms. The maximum absolute atomic E-state index is 5.28. The molecule has 0 aromatic carbocycles. The molecule has 15 heavy (non-hydrogen) atoms. The topological polar surface area (TPSA) is 80.3 Å². The highest BCUT2D eigenvalue weighted by Gasteiger charge is 1.96. The first kappa shape index (κ1) is 11.5. The molecule has 4 N–H and O–H groups in total. The Balaban J connectivity index is 2.36. The predicted molar refractivity (Wildman–Crippen MR) is 60.2 cm³/mol. The Labute approximate surface area is 89.5 Å². The second-order valence-corrected chi connectivity index (χ2v) is 3.18. The predicted octanol–water partition coefficient (Wildman–Crippen LogP) is -0.609. The van der Waals surface area contributed by atoms with Crippen molar-refractivity contribution in [1.29, 1.82) is 0 Å². The smallest absolute Gasteiger partial charge is 0.205 e. The monoisotopic (exact) mass is 210 g/mol. The molecule has 0 saturated heterocycles. The summed E-state index contributed by atoms with van der Waals surface area (Å²) in [5, 5.41) is 7.10. The fraction of sp³-hybridized carbons (Fsp3) is 0.556. The summed E-state index contributed by atoms with van der Waals surface area (Å²) in [5.41, 5.74) is 3.69. The maximum atomic E-state index is 5.28. The number of aryl methyl sites for hydroxylation is 1. The summed E-state index contributed by atoms with van der Waals surface area (Å²) in [4.78, 5) is 4.27. The van der Waals surface area contributed by atoms with Crippen molar-refractivity contribution in [2.24, 2.45) is 17.9 Å². The van der Waals surface area contributed by atoms with Crippen LogP contribution in [0.3, 0.4) is 0 Å². The third-order valence-corrected chi connectivity index (χ3v) is 1.91. The van der Waals surface area contributed by atoms with Crippen LogP contribution < -0.4 is 16.6 Å². The Morgan fingerprint density at radius 3 is 3.00 bits per heavy atom. The Bertz CT molecular complexity index is 316. The third-order valence-electron chi connectivity index (χ3n) is 1.91. The molecule has 1 heterocycles. The van der Waals surface area contributed by atoms with Crippen molar-refractivity contribution < 1.29 is 0 Å². The van der Waals surface area contributed by atoms with E-state index in [2.05, 4.69) is 20.8 Å². The van der Waals surface area contributed by atoms with Gasteiger partial charge < -0.3 is 5.32 Å². The van der Waals surface area contributed by atoms with Gasteiger partial charge in [-0.25, -0.2) is 5.84 Å². The van der Waals surface area contributed by atoms with Gasteiger partial charge in [-0.15, -0.1) is 0 Å². The van der Waals surface area contributed by atoms with Crippen molar-refractivity contribution in [2.45, 2.75) is 13.3 Å². The molecule has 0 fully saturated rings. The Morgan fingerprint density at radius 2 is 2.47 bits per heavy atom. The van der Waals surface area contributed by atoms with Gasteiger partial charge in [0.2, 0.25) is 5.96 Å². The lowest BCUT2D eigenvalue weighted by Gasteiger charge is -2.05. The number of rotatable bonds is 4. The summed E-state index contributed by atoms with van der Waals surface area (Å²) in [6, 6.07) is 0. The molecule has 0 aliphatic carbocycles. The van der Waals surface area contributed by atoms with Gasteiger partial charge >= 0.3 is 0 Å². The first-order valence-electron chi connectivity index (χ1n) is 4.98. The van der Waals surface area contributed by atoms with Crippen LogP contribution in [-0.2, 0) is 13.5 Å². The minimum Gasteiger partial charge on any atom is -0.356 e. The Hall–Kier alpha value is -1.56. The molecular weight excluding hydrogens is 192 g/mol. The number of hydrogen-bond acceptors (Lipinski definition) is 3. The number of nitrogens with two attached hydrogens (primary N) is 1. The van der Waals surface area contributed by atoms with Crippen molar-refractivity contribution in [3.63, 3.8) is 0 Å². The minimum absolute atomic E-state index is 0.626. The zero-order valence-electron chi connectivity index (χ0n) is 9.20. The van der Waals surface area contributed by atoms with E-state index in [0.717, 1.165) is 13.0 Å². The maximum Gasteiger partial charge on any atom is 0.205 e. The van der Waals surface area contributed by atoms with Crippen LogP contribution in [0.1, 0.15) is 12.5 Å². The number of hydrazine groups is 1. The van der Waals surface area contributed by atoms with Crippen LogP contribution in [0.4, 0.5) is 0 Å². The molecule has 0 saturated carbocycles. The average molecular weight is 210 g/mol. The molecule has 1 aromatic heterocycles. The normalized spacial score (nSPS) is 11.5. The largest absolute Gasteiger partial charge is 0.356 e. The zero-order valence-corrected chi connectivity index (χ0v) is 9.20. The van der Waals surface area contributed by atoms with Crippen molar-refractivity contribution >= 4 is 5.96 Å². The highest BCUT2D eigenvalue weighted by molar-refractivity contribution is 5.79. The van der Waals surface area contributed by atoms with E-state index < -0.39 is 0 Å². The number of aromatic nitrogens is 2. The van der Waals surface area contributed by atoms with E-state index in [1.807, 2.05) is 26.4 Å². The van der Waals surface area contributed by atoms with E-state index in [-0.39, 0.29) is 0 Å². The SMILES string of the molecule is CCNC(=NCCc1cnn(C)c1)NN. The van der Waals surface area contributed by atoms with Gasteiger partial charge in [0.1, 0.15) is 0 Å². The van der Waals surface area contributed by atoms with Gasteiger partial charge in [-0.05, 0) is 18.9 Å². The van der Waals surface area contributed by atoms with Gasteiger partial charge in [0.15, 0.2) is 0 Å². The van der Waals surface area contributed by atoms with Crippen LogP contribution >= 0.6 is 0 Å². The lowest BCUT2D eigenvalue weighted by molar-refractivity contribution is 0.766.